The Morgan fingerprint density at radius 3 is 2.77 bits per heavy atom. The van der Waals surface area contributed by atoms with Crippen LogP contribution >= 0.6 is 11.3 Å². The minimum Gasteiger partial charge on any atom is -0.481 e. The summed E-state index contributed by atoms with van der Waals surface area (Å²) in [5.74, 6) is -0.878. The molecule has 0 aliphatic carbocycles. The monoisotopic (exact) mass is 509 g/mol. The van der Waals surface area contributed by atoms with Crippen molar-refractivity contribution in [3.8, 4) is 22.4 Å². The van der Waals surface area contributed by atoms with Crippen LogP contribution in [0.15, 0.2) is 24.4 Å². The van der Waals surface area contributed by atoms with Crippen molar-refractivity contribution in [2.75, 3.05) is 19.8 Å². The number of rotatable bonds is 9. The first-order chi connectivity index (χ1) is 16.5. The summed E-state index contributed by atoms with van der Waals surface area (Å²) >= 11 is 1.28. The molecule has 1 aliphatic heterocycles. The first-order valence-electron chi connectivity index (χ1n) is 11.4. The average molecular weight is 510 g/mol. The van der Waals surface area contributed by atoms with Crippen molar-refractivity contribution < 1.29 is 27.8 Å². The van der Waals surface area contributed by atoms with Gasteiger partial charge in [0.25, 0.3) is 0 Å². The molecule has 1 N–H and O–H groups in total. The molecule has 1 aromatic heterocycles. The van der Waals surface area contributed by atoms with Gasteiger partial charge >= 0.3 is 12.6 Å². The number of ether oxygens (including phenoxy) is 1. The topological polar surface area (TPSA) is 86.5 Å². The van der Waals surface area contributed by atoms with Gasteiger partial charge in [-0.3, -0.25) is 14.1 Å². The van der Waals surface area contributed by atoms with Gasteiger partial charge in [0.15, 0.2) is 0 Å². The van der Waals surface area contributed by atoms with E-state index in [2.05, 4.69) is 35.4 Å². The zero-order valence-electron chi connectivity index (χ0n) is 20.1. The third-order valence-corrected chi connectivity index (χ3v) is 7.61. The number of piperidine rings is 1. The third-order valence-electron chi connectivity index (χ3n) is 6.60. The first-order valence-corrected chi connectivity index (χ1v) is 12.2. The van der Waals surface area contributed by atoms with E-state index in [0.717, 1.165) is 4.88 Å². The Labute approximate surface area is 207 Å². The lowest BCUT2D eigenvalue weighted by atomic mass is 9.65. The molecule has 3 rings (SSSR count). The third kappa shape index (κ3) is 6.53. The summed E-state index contributed by atoms with van der Waals surface area (Å²) in [4.78, 5) is 19.6. The van der Waals surface area contributed by atoms with E-state index in [1.807, 2.05) is 6.07 Å². The molecular weight excluding hydrogens is 479 g/mol. The molecule has 0 unspecified atom stereocenters. The van der Waals surface area contributed by atoms with E-state index < -0.39 is 24.7 Å². The molecule has 1 aromatic carbocycles. The van der Waals surface area contributed by atoms with E-state index in [-0.39, 0.29) is 29.9 Å². The molecular formula is C25H30F3N3O3S. The van der Waals surface area contributed by atoms with E-state index in [4.69, 9.17) is 0 Å². The number of hydrogen-bond donors (Lipinski definition) is 1. The van der Waals surface area contributed by atoms with Gasteiger partial charge in [0, 0.05) is 30.7 Å². The number of hydrogen-bond acceptors (Lipinski definition) is 6. The summed E-state index contributed by atoms with van der Waals surface area (Å²) < 4.78 is 43.4. The minimum absolute atomic E-state index is 0.0678. The second kappa shape index (κ2) is 11.0. The maximum absolute atomic E-state index is 13.0. The molecule has 1 fully saturated rings. The fraction of sp³-hybridized carbons (Fsp3) is 0.560. The van der Waals surface area contributed by atoms with Crippen LogP contribution in [0, 0.1) is 28.1 Å². The van der Waals surface area contributed by atoms with E-state index in [0.29, 0.717) is 42.2 Å². The van der Waals surface area contributed by atoms with Gasteiger partial charge in [0.05, 0.1) is 29.3 Å². The summed E-state index contributed by atoms with van der Waals surface area (Å²) in [5, 5.41) is 19.8. The standard InChI is InChI=1S/C25H30F3N3O3S/c1-24(2,3)17-10-25(22(32)33,7-4-8-26)15-31(13-17)14-18-12-30-21(35-18)19-9-16(11-29)5-6-20(19)34-23(27)28/h5-6,9,12,17,23H,4,7-8,10,13-15H2,1-3H3,(H,32,33)/t17-,25-/m1/s1. The number of nitrogens with zero attached hydrogens (tertiary/aromatic N) is 3. The number of carbonyl (C=O) groups is 1. The molecule has 35 heavy (non-hydrogen) atoms. The molecule has 190 valence electrons. The normalized spacial score (nSPS) is 21.1. The summed E-state index contributed by atoms with van der Waals surface area (Å²) in [5.41, 5.74) is -0.571. The predicted octanol–water partition coefficient (Wildman–Crippen LogP) is 5.97. The molecule has 6 nitrogen and oxygen atoms in total. The van der Waals surface area contributed by atoms with E-state index in [1.165, 1.54) is 29.5 Å². The van der Waals surface area contributed by atoms with Gasteiger partial charge in [-0.15, -0.1) is 11.3 Å². The molecule has 1 aliphatic rings. The van der Waals surface area contributed by atoms with Crippen LogP contribution in [0.3, 0.4) is 0 Å². The lowest BCUT2D eigenvalue weighted by Crippen LogP contribution is -2.53. The number of benzene rings is 1. The summed E-state index contributed by atoms with van der Waals surface area (Å²) in [6.45, 7) is 4.09. The molecule has 2 heterocycles. The highest BCUT2D eigenvalue weighted by Gasteiger charge is 2.47. The molecule has 0 radical (unpaired) electrons. The Hall–Kier alpha value is -2.64. The second-order valence-corrected chi connectivity index (χ2v) is 11.3. The predicted molar refractivity (Wildman–Crippen MR) is 127 cm³/mol. The number of carboxylic acid groups (broad SMARTS) is 1. The lowest BCUT2D eigenvalue weighted by Gasteiger charge is -2.48. The van der Waals surface area contributed by atoms with Crippen molar-refractivity contribution in [2.24, 2.45) is 16.7 Å². The van der Waals surface area contributed by atoms with Gasteiger partial charge in [-0.1, -0.05) is 20.8 Å². The smallest absolute Gasteiger partial charge is 0.387 e. The Bertz CT molecular complexity index is 1080. The van der Waals surface area contributed by atoms with Gasteiger partial charge in [-0.05, 0) is 48.8 Å². The van der Waals surface area contributed by atoms with Crippen LogP contribution in [0.4, 0.5) is 13.2 Å². The SMILES string of the molecule is CC(C)(C)[C@H]1CN(Cc2cnc(-c3cc(C#N)ccc3OC(F)F)s2)C[C@](CCCF)(C(=O)O)C1. The molecule has 10 heteroatoms. The molecule has 2 atom stereocenters. The number of aromatic nitrogens is 1. The second-order valence-electron chi connectivity index (χ2n) is 10.1. The number of nitriles is 1. The van der Waals surface area contributed by atoms with Gasteiger partial charge < -0.3 is 9.84 Å². The zero-order chi connectivity index (χ0) is 25.8. The maximum atomic E-state index is 13.0. The summed E-state index contributed by atoms with van der Waals surface area (Å²) in [6.07, 6.45) is 2.59. The zero-order valence-corrected chi connectivity index (χ0v) is 20.9. The summed E-state index contributed by atoms with van der Waals surface area (Å²) in [6, 6.07) is 6.18. The van der Waals surface area contributed by atoms with Crippen LogP contribution in [0.2, 0.25) is 0 Å². The van der Waals surface area contributed by atoms with Crippen LogP contribution in [0.25, 0.3) is 10.6 Å². The van der Waals surface area contributed by atoms with Crippen LogP contribution < -0.4 is 4.74 Å². The van der Waals surface area contributed by atoms with Crippen molar-refractivity contribution in [3.05, 3.63) is 34.8 Å². The fourth-order valence-corrected chi connectivity index (χ4v) is 5.62. The van der Waals surface area contributed by atoms with Gasteiger partial charge in [-0.25, -0.2) is 4.98 Å². The Balaban J connectivity index is 1.89. The number of likely N-dealkylation sites (tertiary alicyclic amines) is 1. The Kier molecular flexibility index (Phi) is 8.44. The molecule has 0 saturated carbocycles. The maximum Gasteiger partial charge on any atom is 0.387 e. The molecule has 0 bridgehead atoms. The largest absolute Gasteiger partial charge is 0.481 e. The Morgan fingerprint density at radius 1 is 1.43 bits per heavy atom. The van der Waals surface area contributed by atoms with Crippen molar-refractivity contribution in [1.29, 1.82) is 5.26 Å². The first kappa shape index (κ1) is 27.0. The number of carboxylic acids is 1. The van der Waals surface area contributed by atoms with E-state index in [9.17, 15) is 28.3 Å². The van der Waals surface area contributed by atoms with Crippen LogP contribution in [-0.4, -0.2) is 47.3 Å². The lowest BCUT2D eigenvalue weighted by molar-refractivity contribution is -0.157. The fourth-order valence-electron chi connectivity index (χ4n) is 4.64. The van der Waals surface area contributed by atoms with Crippen molar-refractivity contribution in [2.45, 2.75) is 53.2 Å². The van der Waals surface area contributed by atoms with Crippen LogP contribution in [0.1, 0.15) is 50.5 Å². The Morgan fingerprint density at radius 2 is 2.17 bits per heavy atom. The van der Waals surface area contributed by atoms with Gasteiger partial charge in [-0.2, -0.15) is 14.0 Å². The highest BCUT2D eigenvalue weighted by molar-refractivity contribution is 7.15. The number of alkyl halides is 3. The van der Waals surface area contributed by atoms with Crippen molar-refractivity contribution >= 4 is 17.3 Å². The average Bonchev–Trinajstić information content (AvgIpc) is 3.25. The summed E-state index contributed by atoms with van der Waals surface area (Å²) in [7, 11) is 0. The quantitative estimate of drug-likeness (QED) is 0.448. The molecule has 2 aromatic rings. The number of halogens is 3. The number of thiazole rings is 1. The molecule has 0 spiro atoms. The van der Waals surface area contributed by atoms with Crippen molar-refractivity contribution in [1.82, 2.24) is 9.88 Å². The molecule has 0 amide bonds. The molecule has 1 saturated heterocycles. The van der Waals surface area contributed by atoms with Crippen LogP contribution in [0.5, 0.6) is 5.75 Å². The minimum atomic E-state index is -3.02. The van der Waals surface area contributed by atoms with Gasteiger partial charge in [0.1, 0.15) is 10.8 Å². The van der Waals surface area contributed by atoms with E-state index >= 15 is 0 Å². The van der Waals surface area contributed by atoms with Gasteiger partial charge in [0.2, 0.25) is 0 Å². The highest BCUT2D eigenvalue weighted by atomic mass is 32.1. The highest BCUT2D eigenvalue weighted by Crippen LogP contribution is 2.45. The van der Waals surface area contributed by atoms with Crippen molar-refractivity contribution in [3.63, 3.8) is 0 Å². The van der Waals surface area contributed by atoms with E-state index in [1.54, 1.807) is 6.20 Å². The number of aliphatic carboxylic acids is 1. The van der Waals surface area contributed by atoms with Crippen LogP contribution in [-0.2, 0) is 11.3 Å².